The van der Waals surface area contributed by atoms with E-state index in [1.54, 1.807) is 6.07 Å². The van der Waals surface area contributed by atoms with Crippen molar-refractivity contribution in [2.24, 2.45) is 4.99 Å². The Morgan fingerprint density at radius 2 is 1.62 bits per heavy atom. The number of para-hydroxylation sites is 1. The maximum atomic E-state index is 12.4. The molecule has 7 heteroatoms. The lowest BCUT2D eigenvalue weighted by Crippen LogP contribution is -2.62. The average Bonchev–Trinajstić information content (AvgIpc) is 3.48. The Labute approximate surface area is 198 Å². The summed E-state index contributed by atoms with van der Waals surface area (Å²) in [5.74, 6) is -0.991. The van der Waals surface area contributed by atoms with Crippen molar-refractivity contribution in [3.8, 4) is 0 Å². The van der Waals surface area contributed by atoms with Gasteiger partial charge in [0.2, 0.25) is 6.41 Å². The molecule has 34 heavy (non-hydrogen) atoms. The van der Waals surface area contributed by atoms with Gasteiger partial charge in [-0.3, -0.25) is 9.79 Å². The molecule has 2 aliphatic rings. The lowest BCUT2D eigenvalue weighted by Gasteiger charge is -2.37. The zero-order valence-electron chi connectivity index (χ0n) is 18.8. The van der Waals surface area contributed by atoms with E-state index in [0.29, 0.717) is 21.6 Å². The number of hydrazine groups is 1. The summed E-state index contributed by atoms with van der Waals surface area (Å²) < 4.78 is 0.567. The first-order chi connectivity index (χ1) is 16.6. The summed E-state index contributed by atoms with van der Waals surface area (Å²) in [4.78, 5) is 28.8. The molecular formula is C27H27N4O3+. The molecule has 7 nitrogen and oxygen atoms in total. The highest BCUT2D eigenvalue weighted by atomic mass is 16.4. The Balaban J connectivity index is 1.52. The van der Waals surface area contributed by atoms with Crippen LogP contribution < -0.4 is 10.5 Å². The predicted octanol–water partition coefficient (Wildman–Crippen LogP) is 3.86. The number of fused-ring (bicyclic) bond motifs is 1. The lowest BCUT2D eigenvalue weighted by molar-refractivity contribution is -0.971. The number of carboxylic acids is 1. The molecule has 172 valence electrons. The van der Waals surface area contributed by atoms with Crippen molar-refractivity contribution >= 4 is 23.8 Å². The van der Waals surface area contributed by atoms with Crippen LogP contribution in [0.3, 0.4) is 0 Å². The van der Waals surface area contributed by atoms with Gasteiger partial charge >= 0.3 is 5.97 Å². The number of nitrogens with one attached hydrogen (secondary N) is 1. The zero-order valence-corrected chi connectivity index (χ0v) is 18.8. The fraction of sp³-hybridized carbons (Fsp3) is 0.222. The van der Waals surface area contributed by atoms with Gasteiger partial charge in [0, 0.05) is 29.5 Å². The van der Waals surface area contributed by atoms with E-state index in [1.165, 1.54) is 10.6 Å². The quantitative estimate of drug-likeness (QED) is 0.307. The number of benzene rings is 3. The number of rotatable bonds is 8. The number of hydrogen-bond donors (Lipinski definition) is 2. The van der Waals surface area contributed by atoms with E-state index in [-0.39, 0.29) is 0 Å². The third-order valence-electron chi connectivity index (χ3n) is 6.60. The topological polar surface area (TPSA) is 82.0 Å². The van der Waals surface area contributed by atoms with Gasteiger partial charge in [0.25, 0.3) is 0 Å². The van der Waals surface area contributed by atoms with E-state index < -0.39 is 12.0 Å². The number of hydrogen-bond acceptors (Lipinski definition) is 4. The van der Waals surface area contributed by atoms with Gasteiger partial charge in [-0.05, 0) is 11.6 Å². The van der Waals surface area contributed by atoms with E-state index >= 15 is 0 Å². The van der Waals surface area contributed by atoms with Crippen LogP contribution in [0.2, 0.25) is 0 Å². The van der Waals surface area contributed by atoms with Crippen LogP contribution in [0.4, 0.5) is 5.69 Å². The van der Waals surface area contributed by atoms with Crippen LogP contribution in [0.1, 0.15) is 41.1 Å². The molecule has 1 atom stereocenters. The van der Waals surface area contributed by atoms with Crippen LogP contribution in [-0.2, 0) is 16.1 Å². The number of aliphatic carboxylic acids is 1. The van der Waals surface area contributed by atoms with Crippen molar-refractivity contribution in [3.63, 3.8) is 0 Å². The minimum Gasteiger partial charge on any atom is -0.479 e. The largest absolute Gasteiger partial charge is 0.479 e. The Bertz CT molecular complexity index is 1240. The maximum Gasteiger partial charge on any atom is 0.333 e. The summed E-state index contributed by atoms with van der Waals surface area (Å²) in [5.41, 5.74) is 8.10. The van der Waals surface area contributed by atoms with Crippen LogP contribution in [0.5, 0.6) is 0 Å². The number of likely N-dealkylation sites (tertiary alicyclic amines) is 1. The SMILES string of the molecule is O=CN(N[N+]1(Cc2ccccc2)CCCC1)c1ccccc1C1=N[C@H](C(=O)O)c2ccccc21. The maximum absolute atomic E-state index is 12.4. The second-order valence-corrected chi connectivity index (χ2v) is 8.84. The van der Waals surface area contributed by atoms with Crippen molar-refractivity contribution in [2.75, 3.05) is 18.1 Å². The van der Waals surface area contributed by atoms with Crippen LogP contribution >= 0.6 is 0 Å². The third-order valence-corrected chi connectivity index (χ3v) is 6.60. The van der Waals surface area contributed by atoms with Crippen LogP contribution in [-0.4, -0.2) is 40.9 Å². The lowest BCUT2D eigenvalue weighted by atomic mass is 9.97. The number of amides is 1. The van der Waals surface area contributed by atoms with Gasteiger partial charge in [-0.2, -0.15) is 0 Å². The molecule has 3 aromatic rings. The molecule has 1 amide bonds. The van der Waals surface area contributed by atoms with E-state index in [0.717, 1.165) is 50.0 Å². The molecule has 5 rings (SSSR count). The second kappa shape index (κ2) is 9.21. The van der Waals surface area contributed by atoms with Crippen molar-refractivity contribution in [1.29, 1.82) is 0 Å². The van der Waals surface area contributed by atoms with Gasteiger partial charge in [0.05, 0.1) is 24.5 Å². The first-order valence-corrected chi connectivity index (χ1v) is 11.5. The minimum absolute atomic E-state index is 0.567. The van der Waals surface area contributed by atoms with Gasteiger partial charge in [-0.1, -0.05) is 78.3 Å². The first-order valence-electron chi connectivity index (χ1n) is 11.5. The van der Waals surface area contributed by atoms with Gasteiger partial charge in [0.1, 0.15) is 6.54 Å². The van der Waals surface area contributed by atoms with Crippen LogP contribution in [0, 0.1) is 0 Å². The van der Waals surface area contributed by atoms with Gasteiger partial charge in [-0.25, -0.2) is 14.4 Å². The summed E-state index contributed by atoms with van der Waals surface area (Å²) in [6, 6.07) is 24.2. The van der Waals surface area contributed by atoms with E-state index in [1.807, 2.05) is 60.7 Å². The molecule has 2 N–H and O–H groups in total. The molecule has 3 aromatic carbocycles. The molecule has 0 aliphatic carbocycles. The number of aliphatic imine (C=N–C) groups is 1. The molecule has 0 saturated carbocycles. The fourth-order valence-electron chi connectivity index (χ4n) is 5.04. The number of quaternary nitrogens is 1. The highest BCUT2D eigenvalue weighted by molar-refractivity contribution is 6.20. The van der Waals surface area contributed by atoms with Crippen molar-refractivity contribution in [1.82, 2.24) is 5.53 Å². The number of anilines is 1. The second-order valence-electron chi connectivity index (χ2n) is 8.84. The predicted molar refractivity (Wildman–Crippen MR) is 130 cm³/mol. The summed E-state index contributed by atoms with van der Waals surface area (Å²) in [5, 5.41) is 11.3. The Morgan fingerprint density at radius 1 is 0.971 bits per heavy atom. The van der Waals surface area contributed by atoms with Crippen molar-refractivity contribution in [3.05, 3.63) is 101 Å². The Kier molecular flexibility index (Phi) is 5.96. The standard InChI is InChI=1S/C27H26N4O3/c32-19-30(29-31(16-8-9-17-31)18-20-10-2-1-3-11-20)24-15-7-6-14-23(24)25-21-12-4-5-13-22(21)26(28-25)27(33)34/h1-7,10-15,19,26,29H,8-9,16-18H2/p+1/t26-/m0/s1. The molecule has 0 unspecified atom stereocenters. The molecule has 0 aromatic heterocycles. The molecule has 2 aliphatic heterocycles. The van der Waals surface area contributed by atoms with Crippen molar-refractivity contribution in [2.45, 2.75) is 25.4 Å². The number of carboxylic acid groups (broad SMARTS) is 1. The Hall–Kier alpha value is -3.81. The molecular weight excluding hydrogens is 428 g/mol. The number of nitrogens with zero attached hydrogens (tertiary/aromatic N) is 3. The highest BCUT2D eigenvalue weighted by Crippen LogP contribution is 2.35. The van der Waals surface area contributed by atoms with E-state index in [9.17, 15) is 14.7 Å². The van der Waals surface area contributed by atoms with Crippen molar-refractivity contribution < 1.29 is 19.3 Å². The Morgan fingerprint density at radius 3 is 2.32 bits per heavy atom. The fourth-order valence-corrected chi connectivity index (χ4v) is 5.04. The first kappa shape index (κ1) is 22.0. The molecule has 0 radical (unpaired) electrons. The third kappa shape index (κ3) is 4.11. The molecule has 2 heterocycles. The highest BCUT2D eigenvalue weighted by Gasteiger charge is 2.37. The van der Waals surface area contributed by atoms with Crippen LogP contribution in [0.25, 0.3) is 0 Å². The normalized spacial score (nSPS) is 18.2. The molecule has 0 spiro atoms. The van der Waals surface area contributed by atoms with Gasteiger partial charge in [0.15, 0.2) is 6.04 Å². The van der Waals surface area contributed by atoms with Gasteiger partial charge in [-0.15, -0.1) is 0 Å². The summed E-state index contributed by atoms with van der Waals surface area (Å²) in [6.07, 6.45) is 2.95. The number of carbonyl (C=O) groups is 2. The molecule has 0 bridgehead atoms. The molecule has 1 saturated heterocycles. The monoisotopic (exact) mass is 455 g/mol. The average molecular weight is 456 g/mol. The number of carbonyl (C=O) groups excluding carboxylic acids is 1. The van der Waals surface area contributed by atoms with E-state index in [4.69, 9.17) is 0 Å². The summed E-state index contributed by atoms with van der Waals surface area (Å²) in [6.45, 7) is 2.58. The van der Waals surface area contributed by atoms with Gasteiger partial charge < -0.3 is 5.11 Å². The zero-order chi connectivity index (χ0) is 23.5. The smallest absolute Gasteiger partial charge is 0.333 e. The molecule has 1 fully saturated rings. The van der Waals surface area contributed by atoms with Crippen LogP contribution in [0.15, 0.2) is 83.9 Å². The summed E-state index contributed by atoms with van der Waals surface area (Å²) in [7, 11) is 0. The minimum atomic E-state index is -0.991. The van der Waals surface area contributed by atoms with E-state index in [2.05, 4.69) is 22.7 Å². The summed E-state index contributed by atoms with van der Waals surface area (Å²) >= 11 is 0.